The Morgan fingerprint density at radius 1 is 0.917 bits per heavy atom. The van der Waals surface area contributed by atoms with Crippen LogP contribution in [-0.4, -0.2) is 49.7 Å². The van der Waals surface area contributed by atoms with Gasteiger partial charge in [-0.2, -0.15) is 4.31 Å². The van der Waals surface area contributed by atoms with Gasteiger partial charge in [0.15, 0.2) is 0 Å². The van der Waals surface area contributed by atoms with E-state index < -0.39 is 10.0 Å². The maximum absolute atomic E-state index is 12.7. The van der Waals surface area contributed by atoms with Gasteiger partial charge in [-0.15, -0.1) is 0 Å². The maximum Gasteiger partial charge on any atom is 0.253 e. The van der Waals surface area contributed by atoms with Crippen molar-refractivity contribution in [2.45, 2.75) is 4.90 Å². The summed E-state index contributed by atoms with van der Waals surface area (Å²) in [5, 5.41) is 0. The van der Waals surface area contributed by atoms with Crippen LogP contribution >= 0.6 is 15.9 Å². The van der Waals surface area contributed by atoms with Gasteiger partial charge in [0.05, 0.1) is 4.90 Å². The zero-order chi connectivity index (χ0) is 17.2. The summed E-state index contributed by atoms with van der Waals surface area (Å²) in [7, 11) is -3.53. The van der Waals surface area contributed by atoms with E-state index in [1.165, 1.54) is 4.31 Å². The first-order chi connectivity index (χ1) is 11.5. The first-order valence-electron chi connectivity index (χ1n) is 7.58. The van der Waals surface area contributed by atoms with Gasteiger partial charge >= 0.3 is 0 Å². The van der Waals surface area contributed by atoms with Crippen molar-refractivity contribution < 1.29 is 13.2 Å². The van der Waals surface area contributed by atoms with Gasteiger partial charge in [0, 0.05) is 36.2 Å². The molecule has 2 aromatic rings. The Morgan fingerprint density at radius 2 is 1.58 bits per heavy atom. The van der Waals surface area contributed by atoms with Gasteiger partial charge in [-0.05, 0) is 30.3 Å². The standard InChI is InChI=1S/C17H17BrN2O3S/c18-15-7-4-8-16(13-15)24(22,23)20-11-9-19(10-12-20)17(21)14-5-2-1-3-6-14/h1-8,13H,9-12H2. The topological polar surface area (TPSA) is 57.7 Å². The monoisotopic (exact) mass is 408 g/mol. The van der Waals surface area contributed by atoms with E-state index in [-0.39, 0.29) is 10.8 Å². The number of sulfonamides is 1. The molecule has 0 saturated carbocycles. The molecule has 0 aliphatic carbocycles. The van der Waals surface area contributed by atoms with E-state index in [1.807, 2.05) is 18.2 Å². The van der Waals surface area contributed by atoms with E-state index in [2.05, 4.69) is 15.9 Å². The molecule has 2 aromatic carbocycles. The summed E-state index contributed by atoms with van der Waals surface area (Å²) in [6, 6.07) is 15.7. The number of rotatable bonds is 3. The molecule has 1 aliphatic rings. The summed E-state index contributed by atoms with van der Waals surface area (Å²) in [5.41, 5.74) is 0.626. The van der Waals surface area contributed by atoms with Crippen molar-refractivity contribution in [2.75, 3.05) is 26.2 Å². The molecule has 0 unspecified atom stereocenters. The van der Waals surface area contributed by atoms with E-state index in [0.717, 1.165) is 4.47 Å². The van der Waals surface area contributed by atoms with Crippen molar-refractivity contribution in [2.24, 2.45) is 0 Å². The normalized spacial score (nSPS) is 16.1. The van der Waals surface area contributed by atoms with Crippen LogP contribution in [0.25, 0.3) is 0 Å². The van der Waals surface area contributed by atoms with Crippen LogP contribution in [0.4, 0.5) is 0 Å². The number of carbonyl (C=O) groups is 1. The van der Waals surface area contributed by atoms with Gasteiger partial charge in [0.1, 0.15) is 0 Å². The summed E-state index contributed by atoms with van der Waals surface area (Å²) in [5.74, 6) is -0.0601. The average molecular weight is 409 g/mol. The molecule has 126 valence electrons. The number of benzene rings is 2. The Labute approximate surface area is 150 Å². The minimum atomic E-state index is -3.53. The third-order valence-electron chi connectivity index (χ3n) is 3.98. The molecule has 1 amide bonds. The molecular weight excluding hydrogens is 392 g/mol. The molecule has 0 spiro atoms. The molecule has 0 aromatic heterocycles. The highest BCUT2D eigenvalue weighted by Crippen LogP contribution is 2.21. The Morgan fingerprint density at radius 3 is 2.21 bits per heavy atom. The van der Waals surface area contributed by atoms with Crippen molar-refractivity contribution in [3.8, 4) is 0 Å². The summed E-state index contributed by atoms with van der Waals surface area (Å²) in [4.78, 5) is 14.4. The van der Waals surface area contributed by atoms with Crippen molar-refractivity contribution in [1.29, 1.82) is 0 Å². The lowest BCUT2D eigenvalue weighted by atomic mass is 10.2. The molecular formula is C17H17BrN2O3S. The average Bonchev–Trinajstić information content (AvgIpc) is 2.62. The largest absolute Gasteiger partial charge is 0.336 e. The molecule has 5 nitrogen and oxygen atoms in total. The smallest absolute Gasteiger partial charge is 0.253 e. The number of piperazine rings is 1. The van der Waals surface area contributed by atoms with Gasteiger partial charge in [-0.3, -0.25) is 4.79 Å². The molecule has 1 heterocycles. The number of hydrogen-bond donors (Lipinski definition) is 0. The summed E-state index contributed by atoms with van der Waals surface area (Å²) < 4.78 is 27.5. The predicted molar refractivity (Wildman–Crippen MR) is 95.2 cm³/mol. The van der Waals surface area contributed by atoms with E-state index in [9.17, 15) is 13.2 Å². The van der Waals surface area contributed by atoms with Crippen LogP contribution in [0, 0.1) is 0 Å². The maximum atomic E-state index is 12.7. The molecule has 24 heavy (non-hydrogen) atoms. The van der Waals surface area contributed by atoms with Crippen molar-refractivity contribution >= 4 is 31.9 Å². The molecule has 0 N–H and O–H groups in total. The summed E-state index contributed by atoms with van der Waals surface area (Å²) in [6.45, 7) is 1.38. The molecule has 0 radical (unpaired) electrons. The first-order valence-corrected chi connectivity index (χ1v) is 9.82. The van der Waals surface area contributed by atoms with Crippen LogP contribution in [0.1, 0.15) is 10.4 Å². The lowest BCUT2D eigenvalue weighted by Crippen LogP contribution is -2.50. The molecule has 1 saturated heterocycles. The van der Waals surface area contributed by atoms with Gasteiger partial charge < -0.3 is 4.90 Å². The molecule has 1 fully saturated rings. The second-order valence-corrected chi connectivity index (χ2v) is 8.37. The van der Waals surface area contributed by atoms with E-state index in [1.54, 1.807) is 41.3 Å². The highest BCUT2D eigenvalue weighted by molar-refractivity contribution is 9.10. The molecule has 7 heteroatoms. The Kier molecular flexibility index (Phi) is 5.03. The van der Waals surface area contributed by atoms with Gasteiger partial charge in [0.25, 0.3) is 5.91 Å². The fourth-order valence-corrected chi connectivity index (χ4v) is 4.69. The third kappa shape index (κ3) is 3.53. The molecule has 3 rings (SSSR count). The van der Waals surface area contributed by atoms with Crippen LogP contribution in [0.15, 0.2) is 64.0 Å². The Balaban J connectivity index is 1.70. The first kappa shape index (κ1) is 17.1. The SMILES string of the molecule is O=C(c1ccccc1)N1CCN(S(=O)(=O)c2cccc(Br)c2)CC1. The highest BCUT2D eigenvalue weighted by Gasteiger charge is 2.30. The fraction of sp³-hybridized carbons (Fsp3) is 0.235. The second kappa shape index (κ2) is 7.04. The number of nitrogens with zero attached hydrogens (tertiary/aromatic N) is 2. The number of carbonyl (C=O) groups excluding carboxylic acids is 1. The number of halogens is 1. The Bertz CT molecular complexity index is 832. The molecule has 0 bridgehead atoms. The third-order valence-corrected chi connectivity index (χ3v) is 6.37. The van der Waals surface area contributed by atoms with Crippen molar-refractivity contribution in [3.63, 3.8) is 0 Å². The van der Waals surface area contributed by atoms with Gasteiger partial charge in [-0.1, -0.05) is 40.2 Å². The minimum absolute atomic E-state index is 0.0601. The summed E-state index contributed by atoms with van der Waals surface area (Å²) >= 11 is 3.30. The second-order valence-electron chi connectivity index (χ2n) is 5.52. The highest BCUT2D eigenvalue weighted by atomic mass is 79.9. The lowest BCUT2D eigenvalue weighted by molar-refractivity contribution is 0.0698. The quantitative estimate of drug-likeness (QED) is 0.783. The van der Waals surface area contributed by atoms with Gasteiger partial charge in [0.2, 0.25) is 10.0 Å². The number of hydrogen-bond acceptors (Lipinski definition) is 3. The van der Waals surface area contributed by atoms with Crippen LogP contribution in [-0.2, 0) is 10.0 Å². The van der Waals surface area contributed by atoms with Crippen LogP contribution in [0.2, 0.25) is 0 Å². The van der Waals surface area contributed by atoms with E-state index >= 15 is 0 Å². The van der Waals surface area contributed by atoms with Crippen LogP contribution in [0.3, 0.4) is 0 Å². The zero-order valence-electron chi connectivity index (χ0n) is 12.9. The predicted octanol–water partition coefficient (Wildman–Crippen LogP) is 2.60. The van der Waals surface area contributed by atoms with Crippen LogP contribution in [0.5, 0.6) is 0 Å². The van der Waals surface area contributed by atoms with Gasteiger partial charge in [-0.25, -0.2) is 8.42 Å². The molecule has 0 atom stereocenters. The summed E-state index contributed by atoms with van der Waals surface area (Å²) in [6.07, 6.45) is 0. The van der Waals surface area contributed by atoms with E-state index in [4.69, 9.17) is 0 Å². The van der Waals surface area contributed by atoms with E-state index in [0.29, 0.717) is 31.7 Å². The number of amides is 1. The van der Waals surface area contributed by atoms with Crippen molar-refractivity contribution in [3.05, 3.63) is 64.6 Å². The zero-order valence-corrected chi connectivity index (χ0v) is 15.3. The molecule has 1 aliphatic heterocycles. The lowest BCUT2D eigenvalue weighted by Gasteiger charge is -2.34. The minimum Gasteiger partial charge on any atom is -0.336 e. The fourth-order valence-electron chi connectivity index (χ4n) is 2.67. The Hall–Kier alpha value is -1.70. The van der Waals surface area contributed by atoms with Crippen LogP contribution < -0.4 is 0 Å². The van der Waals surface area contributed by atoms with Crippen molar-refractivity contribution in [1.82, 2.24) is 9.21 Å².